The highest BCUT2D eigenvalue weighted by Crippen LogP contribution is 2.65. The number of piperidine rings is 1. The van der Waals surface area contributed by atoms with Crippen LogP contribution in [0.1, 0.15) is 46.2 Å². The van der Waals surface area contributed by atoms with Gasteiger partial charge in [0.25, 0.3) is 0 Å². The second-order valence-electron chi connectivity index (χ2n) is 12.9. The van der Waals surface area contributed by atoms with Crippen molar-refractivity contribution in [3.63, 3.8) is 0 Å². The molecule has 3 aliphatic rings. The Kier molecular flexibility index (Phi) is 9.43. The molecule has 6 atom stereocenters. The summed E-state index contributed by atoms with van der Waals surface area (Å²) in [6, 6.07) is -3.57. The zero-order chi connectivity index (χ0) is 34.5. The molecule has 2 saturated heterocycles. The van der Waals surface area contributed by atoms with Crippen LogP contribution >= 0.6 is 0 Å². The van der Waals surface area contributed by atoms with Gasteiger partial charge < -0.3 is 25.6 Å². The smallest absolute Gasteiger partial charge is 0.470 e. The minimum Gasteiger partial charge on any atom is -0.470 e. The Labute approximate surface area is 259 Å². The first-order valence-corrected chi connectivity index (χ1v) is 14.7. The van der Waals surface area contributed by atoms with Crippen LogP contribution < -0.4 is 20.7 Å². The number of aryl methyl sites for hydroxylation is 1. The normalized spacial score (nSPS) is 25.0. The maximum atomic E-state index is 13.9. The molecule has 0 unspecified atom stereocenters. The van der Waals surface area contributed by atoms with Crippen molar-refractivity contribution in [2.75, 3.05) is 19.7 Å². The predicted octanol–water partition coefficient (Wildman–Crippen LogP) is 1.58. The van der Waals surface area contributed by atoms with E-state index in [0.29, 0.717) is 19.0 Å². The van der Waals surface area contributed by atoms with Crippen LogP contribution in [-0.2, 0) is 37.2 Å². The lowest BCUT2D eigenvalue weighted by Crippen LogP contribution is -2.59. The van der Waals surface area contributed by atoms with Gasteiger partial charge in [-0.25, -0.2) is 4.68 Å². The highest BCUT2D eigenvalue weighted by atomic mass is 19.4. The molecule has 256 valence electrons. The predicted molar refractivity (Wildman–Crippen MR) is 145 cm³/mol. The molecule has 0 radical (unpaired) electrons. The molecule has 4 amide bonds. The van der Waals surface area contributed by atoms with Crippen molar-refractivity contribution >= 4 is 29.4 Å². The summed E-state index contributed by atoms with van der Waals surface area (Å²) in [5, 5.41) is 10.2. The summed E-state index contributed by atoms with van der Waals surface area (Å²) in [6.07, 6.45) is -9.84. The van der Waals surface area contributed by atoms with E-state index in [2.05, 4.69) is 15.7 Å². The molecule has 4 rings (SSSR count). The second kappa shape index (κ2) is 12.4. The summed E-state index contributed by atoms with van der Waals surface area (Å²) in [4.78, 5) is 66.0. The Morgan fingerprint density at radius 3 is 2.30 bits per heavy atom. The van der Waals surface area contributed by atoms with Crippen LogP contribution in [0, 0.1) is 29.1 Å². The van der Waals surface area contributed by atoms with Gasteiger partial charge in [0.05, 0.1) is 6.04 Å². The summed E-state index contributed by atoms with van der Waals surface area (Å²) in [5.41, 5.74) is -1.67. The summed E-state index contributed by atoms with van der Waals surface area (Å²) >= 11 is 0. The number of ketones is 1. The molecular formula is C28H36F6N6O6. The topological polar surface area (TPSA) is 152 Å². The third kappa shape index (κ3) is 7.09. The van der Waals surface area contributed by atoms with Gasteiger partial charge in [0.15, 0.2) is 18.1 Å². The highest BCUT2D eigenvalue weighted by Gasteiger charge is 2.69. The lowest BCUT2D eigenvalue weighted by molar-refractivity contribution is -0.175. The number of carbonyl (C=O) groups is 5. The number of alkyl halides is 6. The van der Waals surface area contributed by atoms with E-state index in [1.807, 2.05) is 13.8 Å². The quantitative estimate of drug-likeness (QED) is 0.304. The third-order valence-corrected chi connectivity index (χ3v) is 9.11. The number of ether oxygens (including phenoxy) is 1. The highest BCUT2D eigenvalue weighted by molar-refractivity contribution is 5.97. The molecule has 2 aliphatic heterocycles. The Hall–Kier alpha value is -3.86. The number of nitrogens with one attached hydrogen (secondary N) is 3. The molecule has 0 bridgehead atoms. The van der Waals surface area contributed by atoms with Crippen LogP contribution in [0.25, 0.3) is 0 Å². The summed E-state index contributed by atoms with van der Waals surface area (Å²) in [5.74, 6) is -7.58. The molecule has 0 aromatic carbocycles. The Bertz CT molecular complexity index is 1390. The molecule has 1 aromatic heterocycles. The zero-order valence-corrected chi connectivity index (χ0v) is 25.7. The largest absolute Gasteiger partial charge is 0.471 e. The molecule has 1 saturated carbocycles. The first kappa shape index (κ1) is 35.0. The Balaban J connectivity index is 1.55. The van der Waals surface area contributed by atoms with Crippen molar-refractivity contribution in [2.45, 2.75) is 71.0 Å². The van der Waals surface area contributed by atoms with Crippen molar-refractivity contribution < 1.29 is 55.1 Å². The molecule has 1 aromatic rings. The molecule has 46 heavy (non-hydrogen) atoms. The van der Waals surface area contributed by atoms with Gasteiger partial charge in [0.1, 0.15) is 12.1 Å². The number of hydrogen-bond donors (Lipinski definition) is 3. The van der Waals surface area contributed by atoms with Crippen LogP contribution in [0.5, 0.6) is 5.88 Å². The van der Waals surface area contributed by atoms with Crippen molar-refractivity contribution in [3.8, 4) is 5.88 Å². The molecule has 3 N–H and O–H groups in total. The molecular weight excluding hydrogens is 630 g/mol. The van der Waals surface area contributed by atoms with Crippen LogP contribution in [0.4, 0.5) is 26.3 Å². The molecule has 3 fully saturated rings. The van der Waals surface area contributed by atoms with Gasteiger partial charge in [-0.05, 0) is 36.0 Å². The van der Waals surface area contributed by atoms with Crippen LogP contribution in [-0.4, -0.2) is 88.1 Å². The van der Waals surface area contributed by atoms with Crippen molar-refractivity contribution in [2.24, 2.45) is 36.1 Å². The number of amides is 4. The van der Waals surface area contributed by atoms with E-state index in [9.17, 15) is 50.3 Å². The Morgan fingerprint density at radius 1 is 1.13 bits per heavy atom. The molecule has 3 heterocycles. The molecule has 12 nitrogen and oxygen atoms in total. The van der Waals surface area contributed by atoms with Crippen molar-refractivity contribution in [1.29, 1.82) is 0 Å². The van der Waals surface area contributed by atoms with Gasteiger partial charge >= 0.3 is 18.3 Å². The standard InChI is InChI=1S/C28H36F6N6O6/c1-12(2)20(37-25(45)28(32,33)34)24(44)40-10-14-19(26(14,3)4)21(40)23(43)36-15(8-13-6-7-35-22(13)42)16(41)11-46-18-9-17(27(29,30)31)38-39(18)5/h9,12-15,19-21H,6-8,10-11H2,1-5H3,(H,35,42)(H,36,43)(H,37,45)/t13-,14-,15-,19-,20-,21-/m0/s1. The fraction of sp³-hybridized carbons (Fsp3) is 0.714. The molecule has 18 heteroatoms. The number of aromatic nitrogens is 2. The van der Waals surface area contributed by atoms with E-state index in [-0.39, 0.29) is 30.7 Å². The average Bonchev–Trinajstić information content (AvgIpc) is 3.42. The molecule has 1 aliphatic carbocycles. The fourth-order valence-electron chi connectivity index (χ4n) is 6.38. The third-order valence-electron chi connectivity index (χ3n) is 9.11. The number of fused-ring (bicyclic) bond motifs is 1. The number of hydrogen-bond acceptors (Lipinski definition) is 7. The van der Waals surface area contributed by atoms with E-state index in [4.69, 9.17) is 4.74 Å². The lowest BCUT2D eigenvalue weighted by Gasteiger charge is -2.35. The van der Waals surface area contributed by atoms with Gasteiger partial charge in [0.2, 0.25) is 23.6 Å². The lowest BCUT2D eigenvalue weighted by atomic mass is 9.94. The zero-order valence-electron chi connectivity index (χ0n) is 25.7. The van der Waals surface area contributed by atoms with E-state index in [1.165, 1.54) is 20.9 Å². The minimum atomic E-state index is -5.24. The van der Waals surface area contributed by atoms with Gasteiger partial charge in [-0.2, -0.15) is 31.4 Å². The average molecular weight is 667 g/mol. The summed E-state index contributed by atoms with van der Waals surface area (Å²) in [7, 11) is 1.18. The first-order valence-electron chi connectivity index (χ1n) is 14.7. The maximum Gasteiger partial charge on any atom is 0.471 e. The SMILES string of the molecule is CC(C)[C@H](NC(=O)C(F)(F)F)C(=O)N1C[C@H]2[C@@H]([C@H]1C(=O)N[C@@H](C[C@@H]1CCNC1=O)C(=O)COc1cc(C(F)(F)F)nn1C)C2(C)C. The number of Topliss-reactive ketones (excluding diaryl/α,β-unsaturated/α-hetero) is 1. The van der Waals surface area contributed by atoms with Gasteiger partial charge in [-0.1, -0.05) is 27.7 Å². The number of carbonyl (C=O) groups excluding carboxylic acids is 5. The van der Waals surface area contributed by atoms with E-state index in [1.54, 1.807) is 5.32 Å². The number of likely N-dealkylation sites (tertiary alicyclic amines) is 1. The van der Waals surface area contributed by atoms with E-state index in [0.717, 1.165) is 9.58 Å². The van der Waals surface area contributed by atoms with Crippen molar-refractivity contribution in [1.82, 2.24) is 30.6 Å². The van der Waals surface area contributed by atoms with E-state index < -0.39 is 89.5 Å². The van der Waals surface area contributed by atoms with Crippen LogP contribution in [0.15, 0.2) is 6.07 Å². The van der Waals surface area contributed by atoms with Gasteiger partial charge in [-0.15, -0.1) is 0 Å². The number of rotatable bonds is 11. The van der Waals surface area contributed by atoms with Crippen LogP contribution in [0.3, 0.4) is 0 Å². The van der Waals surface area contributed by atoms with Crippen molar-refractivity contribution in [3.05, 3.63) is 11.8 Å². The number of nitrogens with zero attached hydrogens (tertiary/aromatic N) is 3. The van der Waals surface area contributed by atoms with Crippen LogP contribution in [0.2, 0.25) is 0 Å². The summed E-state index contributed by atoms with van der Waals surface area (Å²) in [6.45, 7) is 6.16. The summed E-state index contributed by atoms with van der Waals surface area (Å²) < 4.78 is 84.4. The van der Waals surface area contributed by atoms with E-state index >= 15 is 0 Å². The first-order chi connectivity index (χ1) is 21.1. The Morgan fingerprint density at radius 2 is 1.78 bits per heavy atom. The number of halogens is 6. The second-order valence-corrected chi connectivity index (χ2v) is 12.9. The molecule has 0 spiro atoms. The van der Waals surface area contributed by atoms with Gasteiger partial charge in [0, 0.05) is 32.1 Å². The fourth-order valence-corrected chi connectivity index (χ4v) is 6.38. The maximum absolute atomic E-state index is 13.9. The van der Waals surface area contributed by atoms with Gasteiger partial charge in [-0.3, -0.25) is 24.0 Å². The monoisotopic (exact) mass is 666 g/mol. The minimum absolute atomic E-state index is 0.0223.